The third-order valence-corrected chi connectivity index (χ3v) is 6.02. The maximum atomic E-state index is 14.8. The Morgan fingerprint density at radius 3 is 2.19 bits per heavy atom. The number of H-pyrrole nitrogens is 1. The second-order valence-corrected chi connectivity index (χ2v) is 8.10. The SMILES string of the molecule is COC(NC(=O)c1ccc(F)c2c(C(=O)C(=O)N3CCN(C(=O)c4ccccc4)CC3)c[nH]c12)OC. The number of ketones is 1. The highest BCUT2D eigenvalue weighted by molar-refractivity contribution is 6.45. The van der Waals surface area contributed by atoms with Crippen LogP contribution in [0.4, 0.5) is 4.39 Å². The summed E-state index contributed by atoms with van der Waals surface area (Å²) < 4.78 is 24.7. The average Bonchev–Trinajstić information content (AvgIpc) is 3.37. The van der Waals surface area contributed by atoms with E-state index >= 15 is 0 Å². The van der Waals surface area contributed by atoms with Crippen LogP contribution in [-0.2, 0) is 14.3 Å². The molecule has 0 bridgehead atoms. The number of Topliss-reactive ketones (excluding diaryl/α,β-unsaturated/α-hetero) is 1. The molecule has 36 heavy (non-hydrogen) atoms. The molecule has 11 heteroatoms. The fourth-order valence-electron chi connectivity index (χ4n) is 4.11. The fraction of sp³-hybridized carbons (Fsp3) is 0.280. The topological polar surface area (TPSA) is 121 Å². The summed E-state index contributed by atoms with van der Waals surface area (Å²) in [6, 6.07) is 11.1. The van der Waals surface area contributed by atoms with Crippen LogP contribution < -0.4 is 5.32 Å². The largest absolute Gasteiger partial charge is 0.360 e. The minimum absolute atomic E-state index is 0.0463. The Morgan fingerprint density at radius 2 is 1.56 bits per heavy atom. The average molecular weight is 496 g/mol. The van der Waals surface area contributed by atoms with E-state index in [0.717, 1.165) is 6.07 Å². The van der Waals surface area contributed by atoms with Gasteiger partial charge in [0.15, 0.2) is 0 Å². The van der Waals surface area contributed by atoms with Gasteiger partial charge in [0.2, 0.25) is 6.41 Å². The number of amides is 3. The van der Waals surface area contributed by atoms with E-state index in [0.29, 0.717) is 5.56 Å². The van der Waals surface area contributed by atoms with E-state index in [4.69, 9.17) is 9.47 Å². The van der Waals surface area contributed by atoms with Gasteiger partial charge in [-0.1, -0.05) is 18.2 Å². The molecule has 2 N–H and O–H groups in total. The Balaban J connectivity index is 1.49. The number of piperazine rings is 1. The molecule has 2 aromatic carbocycles. The van der Waals surface area contributed by atoms with Crippen molar-refractivity contribution >= 4 is 34.4 Å². The maximum Gasteiger partial charge on any atom is 0.295 e. The number of aromatic nitrogens is 1. The van der Waals surface area contributed by atoms with Crippen molar-refractivity contribution in [2.45, 2.75) is 6.41 Å². The summed E-state index contributed by atoms with van der Waals surface area (Å²) in [7, 11) is 2.67. The molecule has 3 amide bonds. The third kappa shape index (κ3) is 4.83. The standard InChI is InChI=1S/C25H25FN4O6/c1-35-25(36-2)28-22(32)16-8-9-18(26)19-17(14-27-20(16)19)21(31)24(34)30-12-10-29(11-13-30)23(33)15-6-4-3-5-7-15/h3-9,14,25,27H,10-13H2,1-2H3,(H,28,32). The first-order valence-corrected chi connectivity index (χ1v) is 11.2. The van der Waals surface area contributed by atoms with Gasteiger partial charge < -0.3 is 29.6 Å². The Bertz CT molecular complexity index is 1300. The molecule has 0 radical (unpaired) electrons. The zero-order valence-corrected chi connectivity index (χ0v) is 19.7. The minimum atomic E-state index is -1.03. The highest BCUT2D eigenvalue weighted by Gasteiger charge is 2.31. The fourth-order valence-corrected chi connectivity index (χ4v) is 4.11. The van der Waals surface area contributed by atoms with E-state index in [1.807, 2.05) is 6.07 Å². The molecule has 1 aliphatic heterocycles. The number of carbonyl (C=O) groups is 4. The number of hydrogen-bond donors (Lipinski definition) is 2. The minimum Gasteiger partial charge on any atom is -0.360 e. The second kappa shape index (κ2) is 10.7. The predicted octanol–water partition coefficient (Wildman–Crippen LogP) is 1.78. The van der Waals surface area contributed by atoms with Crippen LogP contribution in [-0.4, -0.2) is 85.1 Å². The van der Waals surface area contributed by atoms with Crippen molar-refractivity contribution in [3.05, 3.63) is 71.2 Å². The van der Waals surface area contributed by atoms with Gasteiger partial charge >= 0.3 is 0 Å². The molecule has 188 valence electrons. The number of carbonyl (C=O) groups excluding carboxylic acids is 4. The summed E-state index contributed by atoms with van der Waals surface area (Å²) in [5.74, 6) is -3.25. The molecule has 1 aromatic heterocycles. The molecule has 4 rings (SSSR count). The first-order chi connectivity index (χ1) is 17.3. The number of benzene rings is 2. The van der Waals surface area contributed by atoms with Crippen molar-refractivity contribution in [3.63, 3.8) is 0 Å². The van der Waals surface area contributed by atoms with Crippen LogP contribution >= 0.6 is 0 Å². The number of methoxy groups -OCH3 is 2. The van der Waals surface area contributed by atoms with Crippen LogP contribution in [0.1, 0.15) is 31.1 Å². The number of rotatable bonds is 7. The van der Waals surface area contributed by atoms with Gasteiger partial charge in [0.05, 0.1) is 16.6 Å². The van der Waals surface area contributed by atoms with Gasteiger partial charge in [-0.3, -0.25) is 19.2 Å². The van der Waals surface area contributed by atoms with E-state index in [-0.39, 0.29) is 54.1 Å². The van der Waals surface area contributed by atoms with Gasteiger partial charge in [-0.15, -0.1) is 0 Å². The van der Waals surface area contributed by atoms with Crippen molar-refractivity contribution < 1.29 is 33.0 Å². The van der Waals surface area contributed by atoms with Gasteiger partial charge in [-0.2, -0.15) is 0 Å². The summed E-state index contributed by atoms with van der Waals surface area (Å²) in [5, 5.41) is 2.30. The summed E-state index contributed by atoms with van der Waals surface area (Å²) >= 11 is 0. The molecule has 3 aromatic rings. The van der Waals surface area contributed by atoms with Crippen LogP contribution in [0.25, 0.3) is 10.9 Å². The molecule has 1 aliphatic rings. The van der Waals surface area contributed by atoms with Gasteiger partial charge in [-0.05, 0) is 24.3 Å². The molecule has 2 heterocycles. The van der Waals surface area contributed by atoms with Crippen molar-refractivity contribution in [1.29, 1.82) is 0 Å². The van der Waals surface area contributed by atoms with E-state index in [2.05, 4.69) is 10.3 Å². The number of nitrogens with zero attached hydrogens (tertiary/aromatic N) is 2. The summed E-state index contributed by atoms with van der Waals surface area (Å²) in [4.78, 5) is 57.0. The van der Waals surface area contributed by atoms with Crippen LogP contribution in [0.15, 0.2) is 48.7 Å². The first-order valence-electron chi connectivity index (χ1n) is 11.2. The van der Waals surface area contributed by atoms with Crippen molar-refractivity contribution in [1.82, 2.24) is 20.1 Å². The van der Waals surface area contributed by atoms with E-state index in [1.54, 1.807) is 29.2 Å². The number of nitrogens with one attached hydrogen (secondary N) is 2. The quantitative estimate of drug-likeness (QED) is 0.292. The lowest BCUT2D eigenvalue weighted by Crippen LogP contribution is -2.52. The Labute approximate surface area is 205 Å². The lowest BCUT2D eigenvalue weighted by Gasteiger charge is -2.34. The number of aromatic amines is 1. The highest BCUT2D eigenvalue weighted by atomic mass is 19.1. The maximum absolute atomic E-state index is 14.8. The molecule has 0 saturated carbocycles. The summed E-state index contributed by atoms with van der Waals surface area (Å²) in [5.41, 5.74) is 0.475. The molecule has 0 unspecified atom stereocenters. The lowest BCUT2D eigenvalue weighted by molar-refractivity contribution is -0.127. The normalized spacial score (nSPS) is 13.8. The lowest BCUT2D eigenvalue weighted by atomic mass is 10.0. The molecular weight excluding hydrogens is 471 g/mol. The Kier molecular flexibility index (Phi) is 7.41. The number of ether oxygens (including phenoxy) is 2. The Morgan fingerprint density at radius 1 is 0.917 bits per heavy atom. The monoisotopic (exact) mass is 496 g/mol. The zero-order valence-electron chi connectivity index (χ0n) is 19.7. The molecule has 1 fully saturated rings. The van der Waals surface area contributed by atoms with Gasteiger partial charge in [-0.25, -0.2) is 4.39 Å². The highest BCUT2D eigenvalue weighted by Crippen LogP contribution is 2.26. The summed E-state index contributed by atoms with van der Waals surface area (Å²) in [6.45, 7) is 0.854. The van der Waals surface area contributed by atoms with Crippen LogP contribution in [0, 0.1) is 5.82 Å². The van der Waals surface area contributed by atoms with Crippen molar-refractivity contribution in [2.75, 3.05) is 40.4 Å². The molecule has 10 nitrogen and oxygen atoms in total. The van der Waals surface area contributed by atoms with Gasteiger partial charge in [0.25, 0.3) is 23.5 Å². The second-order valence-electron chi connectivity index (χ2n) is 8.10. The van der Waals surface area contributed by atoms with Crippen LogP contribution in [0.3, 0.4) is 0 Å². The van der Waals surface area contributed by atoms with Crippen LogP contribution in [0.2, 0.25) is 0 Å². The molecule has 0 aliphatic carbocycles. The van der Waals surface area contributed by atoms with E-state index < -0.39 is 29.8 Å². The molecule has 0 atom stereocenters. The molecular formula is C25H25FN4O6. The van der Waals surface area contributed by atoms with Gasteiger partial charge in [0, 0.05) is 57.5 Å². The molecule has 0 spiro atoms. The third-order valence-electron chi connectivity index (χ3n) is 6.02. The predicted molar refractivity (Wildman–Crippen MR) is 127 cm³/mol. The van der Waals surface area contributed by atoms with Crippen LogP contribution in [0.5, 0.6) is 0 Å². The first kappa shape index (κ1) is 25.0. The molecule has 1 saturated heterocycles. The van der Waals surface area contributed by atoms with Gasteiger partial charge in [0.1, 0.15) is 5.82 Å². The van der Waals surface area contributed by atoms with E-state index in [9.17, 15) is 23.6 Å². The van der Waals surface area contributed by atoms with Crippen molar-refractivity contribution in [3.8, 4) is 0 Å². The van der Waals surface area contributed by atoms with E-state index in [1.165, 1.54) is 31.4 Å². The number of hydrogen-bond acceptors (Lipinski definition) is 6. The summed E-state index contributed by atoms with van der Waals surface area (Å²) in [6.07, 6.45) is 0.187. The van der Waals surface area contributed by atoms with Crippen molar-refractivity contribution in [2.24, 2.45) is 0 Å². The number of halogens is 1. The Hall–Kier alpha value is -4.09. The smallest absolute Gasteiger partial charge is 0.295 e. The zero-order chi connectivity index (χ0) is 25.8. The number of fused-ring (bicyclic) bond motifs is 1.